The van der Waals surface area contributed by atoms with E-state index >= 15 is 0 Å². The summed E-state index contributed by atoms with van der Waals surface area (Å²) in [6.45, 7) is 3.50. The first-order valence-corrected chi connectivity index (χ1v) is 5.70. The summed E-state index contributed by atoms with van der Waals surface area (Å²) in [4.78, 5) is 17.3. The molecule has 0 spiro atoms. The van der Waals surface area contributed by atoms with Crippen LogP contribution in [0.25, 0.3) is 0 Å². The molecule has 1 fully saturated rings. The standard InChI is InChI=1S/C12H16N2O3/c15-12(16)11(10-1-3-13-4-2-10)9-14-5-7-17-8-6-14/h1-4,11H,5-9H2,(H,15,16). The summed E-state index contributed by atoms with van der Waals surface area (Å²) in [5.74, 6) is -1.28. The maximum Gasteiger partial charge on any atom is 0.312 e. The Bertz CT molecular complexity index is 363. The number of pyridine rings is 1. The molecule has 5 nitrogen and oxygen atoms in total. The molecule has 1 aromatic rings. The van der Waals surface area contributed by atoms with Crippen molar-refractivity contribution in [2.24, 2.45) is 0 Å². The van der Waals surface area contributed by atoms with E-state index in [1.54, 1.807) is 24.5 Å². The van der Waals surface area contributed by atoms with E-state index in [1.807, 2.05) is 0 Å². The highest BCUT2D eigenvalue weighted by atomic mass is 16.5. The van der Waals surface area contributed by atoms with Crippen LogP contribution >= 0.6 is 0 Å². The fourth-order valence-electron chi connectivity index (χ4n) is 1.96. The van der Waals surface area contributed by atoms with Crippen LogP contribution in [-0.2, 0) is 9.53 Å². The first-order chi connectivity index (χ1) is 8.27. The summed E-state index contributed by atoms with van der Waals surface area (Å²) >= 11 is 0. The van der Waals surface area contributed by atoms with Crippen molar-refractivity contribution in [1.82, 2.24) is 9.88 Å². The predicted molar refractivity (Wildman–Crippen MR) is 61.9 cm³/mol. The summed E-state index contributed by atoms with van der Waals surface area (Å²) in [6.07, 6.45) is 3.26. The van der Waals surface area contributed by atoms with Crippen LogP contribution in [0.4, 0.5) is 0 Å². The maximum atomic E-state index is 11.3. The summed E-state index contributed by atoms with van der Waals surface area (Å²) < 4.78 is 5.25. The summed E-state index contributed by atoms with van der Waals surface area (Å²) in [6, 6.07) is 3.53. The van der Waals surface area contributed by atoms with Crippen molar-refractivity contribution in [3.63, 3.8) is 0 Å². The van der Waals surface area contributed by atoms with Crippen LogP contribution in [0.1, 0.15) is 11.5 Å². The van der Waals surface area contributed by atoms with Gasteiger partial charge in [0, 0.05) is 32.0 Å². The maximum absolute atomic E-state index is 11.3. The molecule has 17 heavy (non-hydrogen) atoms. The molecule has 0 radical (unpaired) electrons. The van der Waals surface area contributed by atoms with Crippen LogP contribution in [0, 0.1) is 0 Å². The molecule has 2 heterocycles. The van der Waals surface area contributed by atoms with Gasteiger partial charge in [0.2, 0.25) is 0 Å². The number of carbonyl (C=O) groups is 1. The Kier molecular flexibility index (Phi) is 4.06. The fraction of sp³-hybridized carbons (Fsp3) is 0.500. The molecule has 1 unspecified atom stereocenters. The molecular weight excluding hydrogens is 220 g/mol. The lowest BCUT2D eigenvalue weighted by atomic mass is 10.00. The van der Waals surface area contributed by atoms with Gasteiger partial charge in [0.15, 0.2) is 0 Å². The lowest BCUT2D eigenvalue weighted by Gasteiger charge is -2.29. The molecule has 1 aliphatic rings. The molecule has 1 aliphatic heterocycles. The average Bonchev–Trinajstić information content (AvgIpc) is 2.38. The zero-order valence-corrected chi connectivity index (χ0v) is 9.58. The number of morpholine rings is 1. The third kappa shape index (κ3) is 3.25. The Balaban J connectivity index is 2.05. The van der Waals surface area contributed by atoms with Gasteiger partial charge in [-0.2, -0.15) is 0 Å². The third-order valence-electron chi connectivity index (χ3n) is 2.95. The number of aromatic nitrogens is 1. The molecular formula is C12H16N2O3. The number of ether oxygens (including phenoxy) is 1. The van der Waals surface area contributed by atoms with E-state index in [2.05, 4.69) is 9.88 Å². The van der Waals surface area contributed by atoms with Crippen LogP contribution in [0.3, 0.4) is 0 Å². The minimum atomic E-state index is -0.789. The highest BCUT2D eigenvalue weighted by Crippen LogP contribution is 2.17. The molecule has 0 aromatic carbocycles. The van der Waals surface area contributed by atoms with E-state index in [4.69, 9.17) is 4.74 Å². The van der Waals surface area contributed by atoms with Gasteiger partial charge in [-0.15, -0.1) is 0 Å². The van der Waals surface area contributed by atoms with Crippen LogP contribution in [0.5, 0.6) is 0 Å². The summed E-state index contributed by atoms with van der Waals surface area (Å²) in [5, 5.41) is 9.28. The van der Waals surface area contributed by atoms with Gasteiger partial charge in [0.25, 0.3) is 0 Å². The van der Waals surface area contributed by atoms with Crippen molar-refractivity contribution in [3.8, 4) is 0 Å². The first-order valence-electron chi connectivity index (χ1n) is 5.70. The Labute approximate surface area is 100 Å². The highest BCUT2D eigenvalue weighted by molar-refractivity contribution is 5.76. The quantitative estimate of drug-likeness (QED) is 0.828. The van der Waals surface area contributed by atoms with Crippen LogP contribution < -0.4 is 0 Å². The third-order valence-corrected chi connectivity index (χ3v) is 2.95. The molecule has 0 amide bonds. The van der Waals surface area contributed by atoms with Crippen molar-refractivity contribution >= 4 is 5.97 Å². The predicted octanol–water partition coefficient (Wildman–Crippen LogP) is 0.582. The second kappa shape index (κ2) is 5.75. The molecule has 0 saturated carbocycles. The van der Waals surface area contributed by atoms with Gasteiger partial charge >= 0.3 is 5.97 Å². The molecule has 1 atom stereocenters. The van der Waals surface area contributed by atoms with E-state index in [9.17, 15) is 9.90 Å². The molecule has 1 saturated heterocycles. The summed E-state index contributed by atoms with van der Waals surface area (Å²) in [5.41, 5.74) is 0.805. The number of carboxylic acid groups (broad SMARTS) is 1. The average molecular weight is 236 g/mol. The smallest absolute Gasteiger partial charge is 0.312 e. The Morgan fingerprint density at radius 2 is 2.06 bits per heavy atom. The number of aliphatic carboxylic acids is 1. The van der Waals surface area contributed by atoms with Crippen molar-refractivity contribution in [2.75, 3.05) is 32.8 Å². The van der Waals surface area contributed by atoms with Crippen LogP contribution in [0.2, 0.25) is 0 Å². The zero-order chi connectivity index (χ0) is 12.1. The largest absolute Gasteiger partial charge is 0.481 e. The minimum Gasteiger partial charge on any atom is -0.481 e. The topological polar surface area (TPSA) is 62.7 Å². The highest BCUT2D eigenvalue weighted by Gasteiger charge is 2.23. The monoisotopic (exact) mass is 236 g/mol. The van der Waals surface area contributed by atoms with Crippen molar-refractivity contribution in [2.45, 2.75) is 5.92 Å². The molecule has 92 valence electrons. The molecule has 2 rings (SSSR count). The Morgan fingerprint density at radius 1 is 1.41 bits per heavy atom. The molecule has 1 aromatic heterocycles. The van der Waals surface area contributed by atoms with Gasteiger partial charge in [-0.05, 0) is 17.7 Å². The van der Waals surface area contributed by atoms with Crippen molar-refractivity contribution in [1.29, 1.82) is 0 Å². The molecule has 1 N–H and O–H groups in total. The van der Waals surface area contributed by atoms with E-state index < -0.39 is 11.9 Å². The van der Waals surface area contributed by atoms with Gasteiger partial charge in [0.05, 0.1) is 19.1 Å². The molecule has 0 aliphatic carbocycles. The van der Waals surface area contributed by atoms with Crippen LogP contribution in [-0.4, -0.2) is 53.8 Å². The van der Waals surface area contributed by atoms with E-state index in [0.29, 0.717) is 19.8 Å². The van der Waals surface area contributed by atoms with Gasteiger partial charge < -0.3 is 9.84 Å². The summed E-state index contributed by atoms with van der Waals surface area (Å²) in [7, 11) is 0. The lowest BCUT2D eigenvalue weighted by molar-refractivity contribution is -0.139. The molecule has 5 heteroatoms. The van der Waals surface area contributed by atoms with E-state index in [0.717, 1.165) is 18.7 Å². The lowest BCUT2D eigenvalue weighted by Crippen LogP contribution is -2.40. The molecule has 0 bridgehead atoms. The fourth-order valence-corrected chi connectivity index (χ4v) is 1.96. The first kappa shape index (κ1) is 12.0. The van der Waals surface area contributed by atoms with E-state index in [-0.39, 0.29) is 0 Å². The number of carboxylic acids is 1. The van der Waals surface area contributed by atoms with E-state index in [1.165, 1.54) is 0 Å². The SMILES string of the molecule is O=C(O)C(CN1CCOCC1)c1ccncc1. The normalized spacial score (nSPS) is 18.8. The van der Waals surface area contributed by atoms with Gasteiger partial charge in [-0.3, -0.25) is 14.7 Å². The minimum absolute atomic E-state index is 0.490. The van der Waals surface area contributed by atoms with Gasteiger partial charge in [-0.1, -0.05) is 0 Å². The number of hydrogen-bond acceptors (Lipinski definition) is 4. The van der Waals surface area contributed by atoms with Crippen molar-refractivity contribution in [3.05, 3.63) is 30.1 Å². The Morgan fingerprint density at radius 3 is 2.65 bits per heavy atom. The Hall–Kier alpha value is -1.46. The number of nitrogens with zero attached hydrogens (tertiary/aromatic N) is 2. The van der Waals surface area contributed by atoms with Crippen molar-refractivity contribution < 1.29 is 14.6 Å². The second-order valence-corrected chi connectivity index (χ2v) is 4.08. The van der Waals surface area contributed by atoms with Gasteiger partial charge in [0.1, 0.15) is 0 Å². The van der Waals surface area contributed by atoms with Crippen LogP contribution in [0.15, 0.2) is 24.5 Å². The number of hydrogen-bond donors (Lipinski definition) is 1. The zero-order valence-electron chi connectivity index (χ0n) is 9.58. The number of rotatable bonds is 4. The second-order valence-electron chi connectivity index (χ2n) is 4.08. The van der Waals surface area contributed by atoms with Gasteiger partial charge in [-0.25, -0.2) is 0 Å².